The Bertz CT molecular complexity index is 371. The van der Waals surface area contributed by atoms with E-state index in [0.717, 1.165) is 24.8 Å². The van der Waals surface area contributed by atoms with Gasteiger partial charge in [0.2, 0.25) is 0 Å². The Morgan fingerprint density at radius 3 is 2.50 bits per heavy atom. The van der Waals surface area contributed by atoms with Crippen molar-refractivity contribution in [3.63, 3.8) is 0 Å². The number of nitrogens with one attached hydrogen (secondary N) is 1. The van der Waals surface area contributed by atoms with Gasteiger partial charge in [0.1, 0.15) is 5.75 Å². The summed E-state index contributed by atoms with van der Waals surface area (Å²) in [6, 6.07) is 8.25. The summed E-state index contributed by atoms with van der Waals surface area (Å²) in [6.07, 6.45) is 7.13. The third kappa shape index (κ3) is 4.71. The maximum Gasteiger partial charge on any atom is 0.119 e. The SMILES string of the molecule is COc1ccc(N(C)CCNCC2CCCCC2)cc1. The Kier molecular flexibility index (Phi) is 6.19. The molecule has 0 aliphatic heterocycles. The van der Waals surface area contributed by atoms with Crippen LogP contribution in [0, 0.1) is 5.92 Å². The highest BCUT2D eigenvalue weighted by atomic mass is 16.5. The average Bonchev–Trinajstić information content (AvgIpc) is 2.52. The highest BCUT2D eigenvalue weighted by molar-refractivity contribution is 5.48. The van der Waals surface area contributed by atoms with Crippen molar-refractivity contribution in [2.24, 2.45) is 5.92 Å². The smallest absolute Gasteiger partial charge is 0.119 e. The molecule has 0 saturated heterocycles. The van der Waals surface area contributed by atoms with Gasteiger partial charge in [0, 0.05) is 25.8 Å². The van der Waals surface area contributed by atoms with Gasteiger partial charge >= 0.3 is 0 Å². The van der Waals surface area contributed by atoms with Gasteiger partial charge in [0.25, 0.3) is 0 Å². The van der Waals surface area contributed by atoms with E-state index < -0.39 is 0 Å². The molecular formula is C17H28N2O. The van der Waals surface area contributed by atoms with Gasteiger partial charge in [0.15, 0.2) is 0 Å². The van der Waals surface area contributed by atoms with Crippen LogP contribution in [0.2, 0.25) is 0 Å². The molecule has 1 aliphatic carbocycles. The topological polar surface area (TPSA) is 24.5 Å². The molecule has 1 aromatic rings. The Labute approximate surface area is 123 Å². The van der Waals surface area contributed by atoms with Crippen LogP contribution in [0.25, 0.3) is 0 Å². The van der Waals surface area contributed by atoms with Crippen LogP contribution in [0.1, 0.15) is 32.1 Å². The summed E-state index contributed by atoms with van der Waals surface area (Å²) in [5.74, 6) is 1.83. The quantitative estimate of drug-likeness (QED) is 0.773. The molecular weight excluding hydrogens is 248 g/mol. The van der Waals surface area contributed by atoms with E-state index in [0.29, 0.717) is 0 Å². The van der Waals surface area contributed by atoms with Crippen LogP contribution in [0.3, 0.4) is 0 Å². The van der Waals surface area contributed by atoms with E-state index in [4.69, 9.17) is 4.74 Å². The number of hydrogen-bond acceptors (Lipinski definition) is 3. The fourth-order valence-electron chi connectivity index (χ4n) is 2.91. The molecule has 1 aromatic carbocycles. The van der Waals surface area contributed by atoms with Crippen molar-refractivity contribution >= 4 is 5.69 Å². The molecule has 0 aromatic heterocycles. The summed E-state index contributed by atoms with van der Waals surface area (Å²) in [5.41, 5.74) is 1.24. The molecule has 2 rings (SSSR count). The molecule has 112 valence electrons. The van der Waals surface area contributed by atoms with E-state index in [-0.39, 0.29) is 0 Å². The lowest BCUT2D eigenvalue weighted by Gasteiger charge is -2.23. The van der Waals surface area contributed by atoms with Gasteiger partial charge in [-0.1, -0.05) is 19.3 Å². The third-order valence-electron chi connectivity index (χ3n) is 4.29. The first kappa shape index (κ1) is 15.2. The summed E-state index contributed by atoms with van der Waals surface area (Å²) >= 11 is 0. The van der Waals surface area contributed by atoms with Crippen molar-refractivity contribution < 1.29 is 4.74 Å². The normalized spacial score (nSPS) is 16.1. The summed E-state index contributed by atoms with van der Waals surface area (Å²) in [5, 5.41) is 3.61. The van der Waals surface area contributed by atoms with E-state index in [1.807, 2.05) is 12.1 Å². The van der Waals surface area contributed by atoms with Gasteiger partial charge in [-0.2, -0.15) is 0 Å². The molecule has 3 heteroatoms. The molecule has 1 aliphatic rings. The molecule has 0 amide bonds. The van der Waals surface area contributed by atoms with Crippen molar-refractivity contribution in [3.8, 4) is 5.75 Å². The number of anilines is 1. The minimum atomic E-state index is 0.912. The van der Waals surface area contributed by atoms with Crippen molar-refractivity contribution in [1.29, 1.82) is 0 Å². The molecule has 1 saturated carbocycles. The predicted molar refractivity (Wildman–Crippen MR) is 85.7 cm³/mol. The van der Waals surface area contributed by atoms with E-state index in [9.17, 15) is 0 Å². The van der Waals surface area contributed by atoms with Crippen LogP contribution in [0.5, 0.6) is 5.75 Å². The first-order valence-corrected chi connectivity index (χ1v) is 7.85. The van der Waals surface area contributed by atoms with E-state index in [1.165, 1.54) is 44.3 Å². The van der Waals surface area contributed by atoms with Crippen LogP contribution >= 0.6 is 0 Å². The zero-order chi connectivity index (χ0) is 14.2. The molecule has 0 spiro atoms. The molecule has 0 atom stereocenters. The van der Waals surface area contributed by atoms with Crippen molar-refractivity contribution in [3.05, 3.63) is 24.3 Å². The maximum absolute atomic E-state index is 5.18. The van der Waals surface area contributed by atoms with Gasteiger partial charge in [-0.05, 0) is 49.6 Å². The average molecular weight is 276 g/mol. The van der Waals surface area contributed by atoms with E-state index in [1.54, 1.807) is 7.11 Å². The first-order valence-electron chi connectivity index (χ1n) is 7.85. The Morgan fingerprint density at radius 1 is 1.15 bits per heavy atom. The van der Waals surface area contributed by atoms with Gasteiger partial charge < -0.3 is 15.0 Å². The first-order chi connectivity index (χ1) is 9.79. The zero-order valence-corrected chi connectivity index (χ0v) is 12.9. The molecule has 0 heterocycles. The third-order valence-corrected chi connectivity index (χ3v) is 4.29. The number of rotatable bonds is 7. The summed E-state index contributed by atoms with van der Waals surface area (Å²) in [7, 11) is 3.85. The Balaban J connectivity index is 1.64. The fraction of sp³-hybridized carbons (Fsp3) is 0.647. The highest BCUT2D eigenvalue weighted by Gasteiger charge is 2.12. The lowest BCUT2D eigenvalue weighted by atomic mass is 9.89. The zero-order valence-electron chi connectivity index (χ0n) is 12.9. The number of methoxy groups -OCH3 is 1. The molecule has 0 unspecified atom stereocenters. The minimum Gasteiger partial charge on any atom is -0.497 e. The van der Waals surface area contributed by atoms with Gasteiger partial charge in [-0.15, -0.1) is 0 Å². The molecule has 1 fully saturated rings. The van der Waals surface area contributed by atoms with Crippen molar-refractivity contribution in [2.45, 2.75) is 32.1 Å². The second kappa shape index (κ2) is 8.15. The number of hydrogen-bond donors (Lipinski definition) is 1. The minimum absolute atomic E-state index is 0.912. The summed E-state index contributed by atoms with van der Waals surface area (Å²) in [4.78, 5) is 2.29. The lowest BCUT2D eigenvalue weighted by molar-refractivity contribution is 0.343. The predicted octanol–water partition coefficient (Wildman–Crippen LogP) is 3.30. The molecule has 0 radical (unpaired) electrons. The monoisotopic (exact) mass is 276 g/mol. The van der Waals surface area contributed by atoms with Gasteiger partial charge in [-0.3, -0.25) is 0 Å². The molecule has 0 bridgehead atoms. The number of likely N-dealkylation sites (N-methyl/N-ethyl adjacent to an activating group) is 1. The standard InChI is InChI=1S/C17H28N2O/c1-19(16-8-10-17(20-2)11-9-16)13-12-18-14-15-6-4-3-5-7-15/h8-11,15,18H,3-7,12-14H2,1-2H3. The van der Waals surface area contributed by atoms with Crippen LogP contribution in [0.15, 0.2) is 24.3 Å². The van der Waals surface area contributed by atoms with Crippen molar-refractivity contribution in [2.75, 3.05) is 38.7 Å². The second-order valence-corrected chi connectivity index (χ2v) is 5.83. The number of nitrogens with zero attached hydrogens (tertiary/aromatic N) is 1. The molecule has 1 N–H and O–H groups in total. The Morgan fingerprint density at radius 2 is 1.85 bits per heavy atom. The molecule has 20 heavy (non-hydrogen) atoms. The van der Waals surface area contributed by atoms with Crippen LogP contribution < -0.4 is 15.0 Å². The summed E-state index contributed by atoms with van der Waals surface area (Å²) in [6.45, 7) is 3.29. The van der Waals surface area contributed by atoms with Crippen LogP contribution in [0.4, 0.5) is 5.69 Å². The Hall–Kier alpha value is -1.22. The summed E-state index contributed by atoms with van der Waals surface area (Å²) < 4.78 is 5.18. The van der Waals surface area contributed by atoms with E-state index >= 15 is 0 Å². The molecule has 3 nitrogen and oxygen atoms in total. The number of benzene rings is 1. The fourth-order valence-corrected chi connectivity index (χ4v) is 2.91. The van der Waals surface area contributed by atoms with Crippen LogP contribution in [-0.4, -0.2) is 33.8 Å². The van der Waals surface area contributed by atoms with Crippen LogP contribution in [-0.2, 0) is 0 Å². The van der Waals surface area contributed by atoms with Gasteiger partial charge in [-0.25, -0.2) is 0 Å². The maximum atomic E-state index is 5.18. The lowest BCUT2D eigenvalue weighted by Crippen LogP contribution is -2.32. The number of ether oxygens (including phenoxy) is 1. The van der Waals surface area contributed by atoms with Gasteiger partial charge in [0.05, 0.1) is 7.11 Å². The largest absolute Gasteiger partial charge is 0.497 e. The highest BCUT2D eigenvalue weighted by Crippen LogP contribution is 2.22. The van der Waals surface area contributed by atoms with Crippen molar-refractivity contribution in [1.82, 2.24) is 5.32 Å². The second-order valence-electron chi connectivity index (χ2n) is 5.83. The van der Waals surface area contributed by atoms with E-state index in [2.05, 4.69) is 29.4 Å².